The first-order valence-corrected chi connectivity index (χ1v) is 10.7. The Labute approximate surface area is 188 Å². The van der Waals surface area contributed by atoms with Gasteiger partial charge in [0.2, 0.25) is 0 Å². The third kappa shape index (κ3) is 4.40. The van der Waals surface area contributed by atoms with Crippen LogP contribution in [0.1, 0.15) is 32.7 Å². The molecule has 0 radical (unpaired) electrons. The molecule has 0 aliphatic heterocycles. The molecule has 0 aliphatic carbocycles. The van der Waals surface area contributed by atoms with Crippen molar-refractivity contribution in [2.45, 2.75) is 27.3 Å². The highest BCUT2D eigenvalue weighted by Gasteiger charge is 2.22. The van der Waals surface area contributed by atoms with E-state index in [0.29, 0.717) is 17.9 Å². The Kier molecular flexibility index (Phi) is 6.04. The summed E-state index contributed by atoms with van der Waals surface area (Å²) in [6.07, 6.45) is 0. The fourth-order valence-corrected chi connectivity index (χ4v) is 3.86. The van der Waals surface area contributed by atoms with Gasteiger partial charge in [-0.15, -0.1) is 0 Å². The SMILES string of the molecule is Cc1ccc(Cn2c(C)cc(=O)c(C(=O)Nc3ccccc3C)c2-c2ccccc2)cc1. The second-order valence-corrected chi connectivity index (χ2v) is 8.08. The van der Waals surface area contributed by atoms with Crippen molar-refractivity contribution >= 4 is 11.6 Å². The summed E-state index contributed by atoms with van der Waals surface area (Å²) in [5, 5.41) is 2.94. The Balaban J connectivity index is 1.89. The molecule has 0 fully saturated rings. The van der Waals surface area contributed by atoms with Gasteiger partial charge in [-0.1, -0.05) is 78.4 Å². The summed E-state index contributed by atoms with van der Waals surface area (Å²) in [7, 11) is 0. The molecule has 0 aliphatic rings. The van der Waals surface area contributed by atoms with E-state index in [4.69, 9.17) is 0 Å². The third-order valence-electron chi connectivity index (χ3n) is 5.65. The van der Waals surface area contributed by atoms with Crippen LogP contribution in [-0.4, -0.2) is 10.5 Å². The highest BCUT2D eigenvalue weighted by atomic mass is 16.2. The van der Waals surface area contributed by atoms with Gasteiger partial charge < -0.3 is 9.88 Å². The van der Waals surface area contributed by atoms with Gasteiger partial charge in [-0.3, -0.25) is 9.59 Å². The van der Waals surface area contributed by atoms with E-state index in [2.05, 4.69) is 36.5 Å². The smallest absolute Gasteiger partial charge is 0.261 e. The lowest BCUT2D eigenvalue weighted by atomic mass is 10.0. The van der Waals surface area contributed by atoms with Crippen LogP contribution in [0.3, 0.4) is 0 Å². The van der Waals surface area contributed by atoms with Crippen LogP contribution in [0.5, 0.6) is 0 Å². The van der Waals surface area contributed by atoms with Gasteiger partial charge in [-0.2, -0.15) is 0 Å². The van der Waals surface area contributed by atoms with Crippen LogP contribution in [0.15, 0.2) is 89.7 Å². The molecule has 4 nitrogen and oxygen atoms in total. The van der Waals surface area contributed by atoms with Crippen molar-refractivity contribution in [1.82, 2.24) is 4.57 Å². The molecule has 1 aromatic heterocycles. The average molecular weight is 423 g/mol. The van der Waals surface area contributed by atoms with Crippen LogP contribution in [0, 0.1) is 20.8 Å². The fraction of sp³-hybridized carbons (Fsp3) is 0.143. The van der Waals surface area contributed by atoms with Crippen molar-refractivity contribution in [3.05, 3.63) is 123 Å². The predicted octanol–water partition coefficient (Wildman–Crippen LogP) is 5.74. The van der Waals surface area contributed by atoms with E-state index in [1.54, 1.807) is 6.07 Å². The molecule has 0 bridgehead atoms. The molecule has 4 rings (SSSR count). The van der Waals surface area contributed by atoms with Crippen molar-refractivity contribution in [2.24, 2.45) is 0 Å². The molecule has 4 heteroatoms. The minimum absolute atomic E-state index is 0.150. The maximum atomic E-state index is 13.4. The molecule has 0 spiro atoms. The van der Waals surface area contributed by atoms with Crippen LogP contribution in [0.25, 0.3) is 11.3 Å². The quantitative estimate of drug-likeness (QED) is 0.446. The zero-order valence-electron chi connectivity index (χ0n) is 18.6. The number of benzene rings is 3. The molecule has 0 saturated carbocycles. The van der Waals surface area contributed by atoms with Crippen LogP contribution in [0.4, 0.5) is 5.69 Å². The molecule has 4 aromatic rings. The second-order valence-electron chi connectivity index (χ2n) is 8.08. The molecular weight excluding hydrogens is 396 g/mol. The number of carbonyl (C=O) groups excluding carboxylic acids is 1. The number of para-hydroxylation sites is 1. The first-order chi connectivity index (χ1) is 15.4. The molecule has 3 aromatic carbocycles. The van der Waals surface area contributed by atoms with E-state index in [1.807, 2.05) is 73.0 Å². The van der Waals surface area contributed by atoms with Crippen molar-refractivity contribution < 1.29 is 4.79 Å². The van der Waals surface area contributed by atoms with Gasteiger partial charge >= 0.3 is 0 Å². The normalized spacial score (nSPS) is 10.7. The maximum absolute atomic E-state index is 13.4. The van der Waals surface area contributed by atoms with Crippen molar-refractivity contribution in [3.63, 3.8) is 0 Å². The van der Waals surface area contributed by atoms with Crippen LogP contribution in [-0.2, 0) is 6.54 Å². The number of nitrogens with zero attached hydrogens (tertiary/aromatic N) is 1. The first kappa shape index (κ1) is 21.3. The van der Waals surface area contributed by atoms with Crippen molar-refractivity contribution in [3.8, 4) is 11.3 Å². The molecule has 0 atom stereocenters. The first-order valence-electron chi connectivity index (χ1n) is 10.7. The van der Waals surface area contributed by atoms with E-state index in [9.17, 15) is 9.59 Å². The Morgan fingerprint density at radius 3 is 2.19 bits per heavy atom. The number of rotatable bonds is 5. The standard InChI is InChI=1S/C28H26N2O2/c1-19-13-15-22(16-14-19)18-30-21(3)17-25(31)26(27(30)23-10-5-4-6-11-23)28(32)29-24-12-8-7-9-20(24)2/h4-17H,18H2,1-3H3,(H,29,32). The van der Waals surface area contributed by atoms with Gasteiger partial charge in [-0.25, -0.2) is 0 Å². The zero-order chi connectivity index (χ0) is 22.7. The molecule has 1 N–H and O–H groups in total. The van der Waals surface area contributed by atoms with Crippen LogP contribution < -0.4 is 10.7 Å². The van der Waals surface area contributed by atoms with Gasteiger partial charge in [-0.05, 0) is 43.5 Å². The summed E-state index contributed by atoms with van der Waals surface area (Å²) < 4.78 is 2.05. The summed E-state index contributed by atoms with van der Waals surface area (Å²) in [6, 6.07) is 27.0. The number of amides is 1. The number of nitrogens with one attached hydrogen (secondary N) is 1. The lowest BCUT2D eigenvalue weighted by molar-refractivity contribution is 0.102. The van der Waals surface area contributed by atoms with E-state index in [1.165, 1.54) is 5.56 Å². The average Bonchev–Trinajstić information content (AvgIpc) is 2.78. The van der Waals surface area contributed by atoms with Gasteiger partial charge in [0.15, 0.2) is 5.43 Å². The summed E-state index contributed by atoms with van der Waals surface area (Å²) in [5.74, 6) is -0.402. The second kappa shape index (κ2) is 9.06. The molecule has 1 amide bonds. The summed E-state index contributed by atoms with van der Waals surface area (Å²) in [4.78, 5) is 26.5. The number of pyridine rings is 1. The Morgan fingerprint density at radius 2 is 1.50 bits per heavy atom. The number of anilines is 1. The number of aromatic nitrogens is 1. The number of aryl methyl sites for hydroxylation is 3. The Bertz CT molecular complexity index is 1320. The largest absolute Gasteiger partial charge is 0.340 e. The lowest BCUT2D eigenvalue weighted by Crippen LogP contribution is -2.27. The highest BCUT2D eigenvalue weighted by molar-refractivity contribution is 6.08. The Hall–Kier alpha value is -3.92. The van der Waals surface area contributed by atoms with Gasteiger partial charge in [0.05, 0.1) is 5.69 Å². The molecule has 0 saturated heterocycles. The van der Waals surface area contributed by atoms with Gasteiger partial charge in [0.25, 0.3) is 5.91 Å². The predicted molar refractivity (Wildman–Crippen MR) is 130 cm³/mol. The third-order valence-corrected chi connectivity index (χ3v) is 5.65. The topological polar surface area (TPSA) is 51.1 Å². The van der Waals surface area contributed by atoms with Gasteiger partial charge in [0.1, 0.15) is 5.56 Å². The molecule has 32 heavy (non-hydrogen) atoms. The molecule has 0 unspecified atom stereocenters. The maximum Gasteiger partial charge on any atom is 0.261 e. The van der Waals surface area contributed by atoms with Crippen molar-refractivity contribution in [1.29, 1.82) is 0 Å². The molecular formula is C28H26N2O2. The molecule has 160 valence electrons. The monoisotopic (exact) mass is 422 g/mol. The van der Waals surface area contributed by atoms with E-state index >= 15 is 0 Å². The van der Waals surface area contributed by atoms with Crippen LogP contribution in [0.2, 0.25) is 0 Å². The van der Waals surface area contributed by atoms with Gasteiger partial charge in [0, 0.05) is 24.0 Å². The summed E-state index contributed by atoms with van der Waals surface area (Å²) in [6.45, 7) is 6.45. The summed E-state index contributed by atoms with van der Waals surface area (Å²) in [5.41, 5.74) is 6.05. The lowest BCUT2D eigenvalue weighted by Gasteiger charge is -2.21. The molecule has 1 heterocycles. The fourth-order valence-electron chi connectivity index (χ4n) is 3.86. The number of carbonyl (C=O) groups is 1. The minimum Gasteiger partial charge on any atom is -0.340 e. The minimum atomic E-state index is -0.402. The Morgan fingerprint density at radius 1 is 0.844 bits per heavy atom. The highest BCUT2D eigenvalue weighted by Crippen LogP contribution is 2.26. The van der Waals surface area contributed by atoms with E-state index in [-0.39, 0.29) is 11.0 Å². The van der Waals surface area contributed by atoms with Crippen molar-refractivity contribution in [2.75, 3.05) is 5.32 Å². The zero-order valence-corrected chi connectivity index (χ0v) is 18.6. The van der Waals surface area contributed by atoms with Crippen LogP contribution >= 0.6 is 0 Å². The van der Waals surface area contributed by atoms with E-state index < -0.39 is 5.91 Å². The number of hydrogen-bond acceptors (Lipinski definition) is 2. The summed E-state index contributed by atoms with van der Waals surface area (Å²) >= 11 is 0. The van der Waals surface area contributed by atoms with E-state index in [0.717, 1.165) is 22.4 Å². The number of hydrogen-bond donors (Lipinski definition) is 1.